The predicted molar refractivity (Wildman–Crippen MR) is 102 cm³/mol. The number of rotatable bonds is 7. The Morgan fingerprint density at radius 1 is 1.12 bits per heavy atom. The number of anilines is 1. The first-order valence-electron chi connectivity index (χ1n) is 8.93. The molecule has 0 atom stereocenters. The molecule has 1 heterocycles. The zero-order valence-corrected chi connectivity index (χ0v) is 16.2. The SMILES string of the molecule is O=C(CCC1CCCCC1)Nc1nnc(CS(=O)(=O)c2ccccc2)s1. The molecule has 1 saturated carbocycles. The molecular formula is C18H23N3O3S2. The number of hydrogen-bond acceptors (Lipinski definition) is 6. The van der Waals surface area contributed by atoms with Crippen LogP contribution in [0.3, 0.4) is 0 Å². The summed E-state index contributed by atoms with van der Waals surface area (Å²) in [7, 11) is -3.46. The second-order valence-corrected chi connectivity index (χ2v) is 9.72. The summed E-state index contributed by atoms with van der Waals surface area (Å²) in [4.78, 5) is 12.3. The Bertz CT molecular complexity index is 828. The van der Waals surface area contributed by atoms with Crippen LogP contribution in [-0.2, 0) is 20.4 Å². The maximum Gasteiger partial charge on any atom is 0.226 e. The fourth-order valence-electron chi connectivity index (χ4n) is 3.23. The highest BCUT2D eigenvalue weighted by Crippen LogP contribution is 2.27. The van der Waals surface area contributed by atoms with E-state index in [1.54, 1.807) is 30.3 Å². The molecule has 1 fully saturated rings. The van der Waals surface area contributed by atoms with Crippen LogP contribution in [0, 0.1) is 5.92 Å². The van der Waals surface area contributed by atoms with E-state index in [9.17, 15) is 13.2 Å². The van der Waals surface area contributed by atoms with Gasteiger partial charge in [-0.05, 0) is 24.5 Å². The van der Waals surface area contributed by atoms with Crippen LogP contribution in [0.4, 0.5) is 5.13 Å². The summed E-state index contributed by atoms with van der Waals surface area (Å²) in [5, 5.41) is 11.3. The molecule has 26 heavy (non-hydrogen) atoms. The Morgan fingerprint density at radius 2 is 1.85 bits per heavy atom. The van der Waals surface area contributed by atoms with Crippen LogP contribution in [0.25, 0.3) is 0 Å². The maximum absolute atomic E-state index is 12.4. The molecule has 1 aliphatic rings. The molecule has 2 aromatic rings. The summed E-state index contributed by atoms with van der Waals surface area (Å²) in [5.74, 6) is 0.354. The molecule has 1 N–H and O–H groups in total. The molecule has 0 spiro atoms. The normalized spacial score (nSPS) is 15.7. The molecule has 8 heteroatoms. The van der Waals surface area contributed by atoms with E-state index < -0.39 is 9.84 Å². The van der Waals surface area contributed by atoms with E-state index in [2.05, 4.69) is 15.5 Å². The summed E-state index contributed by atoms with van der Waals surface area (Å²) < 4.78 is 24.7. The van der Waals surface area contributed by atoms with Gasteiger partial charge in [0.2, 0.25) is 11.0 Å². The lowest BCUT2D eigenvalue weighted by molar-refractivity contribution is -0.116. The van der Waals surface area contributed by atoms with E-state index >= 15 is 0 Å². The monoisotopic (exact) mass is 393 g/mol. The minimum atomic E-state index is -3.46. The highest BCUT2D eigenvalue weighted by atomic mass is 32.2. The average molecular weight is 394 g/mol. The van der Waals surface area contributed by atoms with Gasteiger partial charge >= 0.3 is 0 Å². The summed E-state index contributed by atoms with van der Waals surface area (Å²) >= 11 is 1.11. The molecule has 1 aromatic heterocycles. The second kappa shape index (κ2) is 8.73. The lowest BCUT2D eigenvalue weighted by Gasteiger charge is -2.20. The van der Waals surface area contributed by atoms with Crippen LogP contribution in [0.2, 0.25) is 0 Å². The number of nitrogens with zero attached hydrogens (tertiary/aromatic N) is 2. The van der Waals surface area contributed by atoms with Crippen molar-refractivity contribution in [3.63, 3.8) is 0 Å². The van der Waals surface area contributed by atoms with Gasteiger partial charge in [-0.2, -0.15) is 0 Å². The van der Waals surface area contributed by atoms with Crippen LogP contribution < -0.4 is 5.32 Å². The van der Waals surface area contributed by atoms with Gasteiger partial charge < -0.3 is 5.32 Å². The van der Waals surface area contributed by atoms with Gasteiger partial charge in [0, 0.05) is 6.42 Å². The molecule has 0 unspecified atom stereocenters. The lowest BCUT2D eigenvalue weighted by atomic mass is 9.86. The molecule has 140 valence electrons. The van der Waals surface area contributed by atoms with Crippen molar-refractivity contribution in [2.75, 3.05) is 5.32 Å². The van der Waals surface area contributed by atoms with Gasteiger partial charge in [-0.3, -0.25) is 4.79 Å². The fraction of sp³-hybridized carbons (Fsp3) is 0.500. The smallest absolute Gasteiger partial charge is 0.226 e. The van der Waals surface area contributed by atoms with Crippen LogP contribution in [0.15, 0.2) is 35.2 Å². The predicted octanol–water partition coefficient (Wildman–Crippen LogP) is 3.81. The Balaban J connectivity index is 1.52. The van der Waals surface area contributed by atoms with Gasteiger partial charge in [0.25, 0.3) is 0 Å². The highest BCUT2D eigenvalue weighted by Gasteiger charge is 2.19. The largest absolute Gasteiger partial charge is 0.301 e. The first-order chi connectivity index (χ1) is 12.5. The Morgan fingerprint density at radius 3 is 2.58 bits per heavy atom. The number of carbonyl (C=O) groups is 1. The van der Waals surface area contributed by atoms with Crippen molar-refractivity contribution in [3.8, 4) is 0 Å². The Kier molecular flexibility index (Phi) is 6.37. The summed E-state index contributed by atoms with van der Waals surface area (Å²) in [6.07, 6.45) is 7.65. The van der Waals surface area contributed by atoms with Crippen molar-refractivity contribution in [3.05, 3.63) is 35.3 Å². The van der Waals surface area contributed by atoms with Crippen LogP contribution in [0.5, 0.6) is 0 Å². The van der Waals surface area contributed by atoms with E-state index in [1.165, 1.54) is 32.1 Å². The van der Waals surface area contributed by atoms with Gasteiger partial charge in [0.15, 0.2) is 9.84 Å². The molecule has 3 rings (SSSR count). The van der Waals surface area contributed by atoms with Gasteiger partial charge in [-0.25, -0.2) is 8.42 Å². The molecule has 0 saturated heterocycles. The quantitative estimate of drug-likeness (QED) is 0.772. The molecular weight excluding hydrogens is 370 g/mol. The third-order valence-electron chi connectivity index (χ3n) is 4.63. The van der Waals surface area contributed by atoms with Gasteiger partial charge in [-0.15, -0.1) is 10.2 Å². The number of sulfone groups is 1. The molecule has 0 radical (unpaired) electrons. The van der Waals surface area contributed by atoms with E-state index in [4.69, 9.17) is 0 Å². The Labute approximate surface area is 158 Å². The number of carbonyl (C=O) groups excluding carboxylic acids is 1. The zero-order valence-electron chi connectivity index (χ0n) is 14.6. The van der Waals surface area contributed by atoms with Gasteiger partial charge in [0.1, 0.15) is 10.8 Å². The highest BCUT2D eigenvalue weighted by molar-refractivity contribution is 7.90. The molecule has 0 aliphatic heterocycles. The Hall–Kier alpha value is -1.80. The van der Waals surface area contributed by atoms with Crippen molar-refractivity contribution in [2.24, 2.45) is 5.92 Å². The van der Waals surface area contributed by atoms with Crippen molar-refractivity contribution >= 4 is 32.2 Å². The summed E-state index contributed by atoms with van der Waals surface area (Å²) in [6.45, 7) is 0. The lowest BCUT2D eigenvalue weighted by Crippen LogP contribution is -2.14. The van der Waals surface area contributed by atoms with Crippen molar-refractivity contribution in [1.29, 1.82) is 0 Å². The minimum Gasteiger partial charge on any atom is -0.301 e. The molecule has 1 aromatic carbocycles. The second-order valence-electron chi connectivity index (χ2n) is 6.66. The number of nitrogens with one attached hydrogen (secondary N) is 1. The topological polar surface area (TPSA) is 89.0 Å². The number of amides is 1. The first kappa shape index (κ1) is 19.0. The maximum atomic E-state index is 12.4. The van der Waals surface area contributed by atoms with Crippen molar-refractivity contribution < 1.29 is 13.2 Å². The minimum absolute atomic E-state index is 0.0795. The van der Waals surface area contributed by atoms with Gasteiger partial charge in [-0.1, -0.05) is 61.6 Å². The zero-order chi connectivity index (χ0) is 18.4. The third-order valence-corrected chi connectivity index (χ3v) is 7.30. The van der Waals surface area contributed by atoms with E-state index in [0.717, 1.165) is 17.8 Å². The molecule has 0 bridgehead atoms. The van der Waals surface area contributed by atoms with E-state index in [0.29, 0.717) is 22.5 Å². The summed E-state index contributed by atoms with van der Waals surface area (Å²) in [6, 6.07) is 8.26. The van der Waals surface area contributed by atoms with E-state index in [1.807, 2.05) is 0 Å². The molecule has 6 nitrogen and oxygen atoms in total. The van der Waals surface area contributed by atoms with Crippen LogP contribution in [0.1, 0.15) is 50.0 Å². The fourth-order valence-corrected chi connectivity index (χ4v) is 5.60. The average Bonchev–Trinajstić information content (AvgIpc) is 3.07. The van der Waals surface area contributed by atoms with Crippen molar-refractivity contribution in [1.82, 2.24) is 10.2 Å². The molecule has 1 amide bonds. The van der Waals surface area contributed by atoms with E-state index in [-0.39, 0.29) is 16.6 Å². The standard InChI is InChI=1S/C18H23N3O3S2/c22-16(12-11-14-7-3-1-4-8-14)19-18-21-20-17(25-18)13-26(23,24)15-9-5-2-6-10-15/h2,5-6,9-10,14H,1,3-4,7-8,11-13H2,(H,19,21,22). The summed E-state index contributed by atoms with van der Waals surface area (Å²) in [5.41, 5.74) is 0. The molecule has 1 aliphatic carbocycles. The first-order valence-corrected chi connectivity index (χ1v) is 11.4. The third kappa shape index (κ3) is 5.35. The number of hydrogen-bond donors (Lipinski definition) is 1. The van der Waals surface area contributed by atoms with Crippen LogP contribution in [-0.4, -0.2) is 24.5 Å². The van der Waals surface area contributed by atoms with Crippen LogP contribution >= 0.6 is 11.3 Å². The number of aromatic nitrogens is 2. The van der Waals surface area contributed by atoms with Gasteiger partial charge in [0.05, 0.1) is 4.90 Å². The van der Waals surface area contributed by atoms with Crippen molar-refractivity contribution in [2.45, 2.75) is 55.6 Å². The number of benzene rings is 1.